The molecule has 16 heteroatoms. The Balaban J connectivity index is 1.38. The fraction of sp³-hybridized carbons (Fsp3) is 0.481. The van der Waals surface area contributed by atoms with Gasteiger partial charge in [0.1, 0.15) is 17.7 Å². The third-order valence-electron chi connectivity index (χ3n) is 8.31. The number of carbonyl (C=O) groups excluding carboxylic acids is 1. The molecule has 2 atom stereocenters. The van der Waals surface area contributed by atoms with Crippen LogP contribution in [0.25, 0.3) is 27.1 Å². The molecule has 0 radical (unpaired) electrons. The third kappa shape index (κ3) is 4.70. The summed E-state index contributed by atoms with van der Waals surface area (Å²) in [5.41, 5.74) is -0.407. The van der Waals surface area contributed by atoms with Crippen LogP contribution >= 0.6 is 11.3 Å². The second-order valence-corrected chi connectivity index (χ2v) is 14.2. The van der Waals surface area contributed by atoms with Crippen molar-refractivity contribution in [3.8, 4) is 11.2 Å². The number of piperazine rings is 1. The number of nitrogens with zero attached hydrogens (tertiary/aromatic N) is 8. The van der Waals surface area contributed by atoms with Gasteiger partial charge in [-0.1, -0.05) is 17.4 Å². The lowest BCUT2D eigenvalue weighted by Gasteiger charge is -2.45. The van der Waals surface area contributed by atoms with Crippen molar-refractivity contribution in [3.63, 3.8) is 0 Å². The first-order valence-electron chi connectivity index (χ1n) is 14.0. The number of nitrogens with one attached hydrogen (secondary N) is 1. The quantitative estimate of drug-likeness (QED) is 0.325. The number of fused-ring (bicyclic) bond motifs is 3. The summed E-state index contributed by atoms with van der Waals surface area (Å²) in [7, 11) is -4.09. The van der Waals surface area contributed by atoms with E-state index in [0.717, 1.165) is 12.8 Å². The number of benzene rings is 1. The second-order valence-electron chi connectivity index (χ2n) is 11.6. The molecule has 3 aliphatic rings. The van der Waals surface area contributed by atoms with Crippen molar-refractivity contribution < 1.29 is 22.0 Å². The molecule has 7 rings (SSSR count). The van der Waals surface area contributed by atoms with Gasteiger partial charge in [0.05, 0.1) is 21.9 Å². The summed E-state index contributed by atoms with van der Waals surface area (Å²) < 4.78 is 57.7. The van der Waals surface area contributed by atoms with Crippen LogP contribution in [0.5, 0.6) is 0 Å². The Kier molecular flexibility index (Phi) is 6.42. The summed E-state index contributed by atoms with van der Waals surface area (Å²) in [5, 5.41) is 17.9. The number of carbonyl (C=O) groups is 1. The van der Waals surface area contributed by atoms with Crippen molar-refractivity contribution in [3.05, 3.63) is 29.5 Å². The molecule has 3 fully saturated rings. The molecule has 3 aromatic heterocycles. The van der Waals surface area contributed by atoms with E-state index in [0.29, 0.717) is 65.0 Å². The van der Waals surface area contributed by atoms with Gasteiger partial charge in [0.15, 0.2) is 10.7 Å². The molecule has 4 heterocycles. The number of amides is 1. The molecule has 12 nitrogen and oxygen atoms in total. The van der Waals surface area contributed by atoms with E-state index in [2.05, 4.69) is 29.8 Å². The van der Waals surface area contributed by atoms with Crippen molar-refractivity contribution in [2.75, 3.05) is 18.0 Å². The number of anilines is 1. The lowest BCUT2D eigenvalue weighted by Crippen LogP contribution is -2.59. The van der Waals surface area contributed by atoms with Crippen molar-refractivity contribution in [2.45, 2.75) is 68.5 Å². The van der Waals surface area contributed by atoms with E-state index in [4.69, 9.17) is 0 Å². The average molecular weight is 628 g/mol. The fourth-order valence-corrected chi connectivity index (χ4v) is 8.07. The van der Waals surface area contributed by atoms with Crippen molar-refractivity contribution in [1.29, 1.82) is 5.26 Å². The first kappa shape index (κ1) is 28.0. The molecule has 2 aliphatic carbocycles. The van der Waals surface area contributed by atoms with E-state index in [9.17, 15) is 27.3 Å². The van der Waals surface area contributed by atoms with Gasteiger partial charge in [-0.15, -0.1) is 10.2 Å². The van der Waals surface area contributed by atoms with E-state index in [1.807, 2.05) is 24.8 Å². The van der Waals surface area contributed by atoms with Crippen LogP contribution in [0.1, 0.15) is 51.0 Å². The van der Waals surface area contributed by atoms with Gasteiger partial charge in [-0.25, -0.2) is 27.2 Å². The molecule has 4 aromatic rings. The number of hydrogen-bond donors (Lipinski definition) is 1. The molecule has 1 N–H and O–H groups in total. The van der Waals surface area contributed by atoms with Gasteiger partial charge in [0, 0.05) is 36.5 Å². The van der Waals surface area contributed by atoms with Crippen LogP contribution in [0, 0.1) is 17.2 Å². The zero-order chi connectivity index (χ0) is 30.3. The van der Waals surface area contributed by atoms with E-state index >= 15 is 0 Å². The summed E-state index contributed by atoms with van der Waals surface area (Å²) in [6.07, 6.45) is 1.23. The second kappa shape index (κ2) is 9.86. The maximum absolute atomic E-state index is 13.5. The van der Waals surface area contributed by atoms with Crippen LogP contribution in [0.2, 0.25) is 0 Å². The first-order valence-corrected chi connectivity index (χ1v) is 16.3. The molecule has 1 aliphatic heterocycles. The summed E-state index contributed by atoms with van der Waals surface area (Å²) >= 11 is 0.684. The first-order chi connectivity index (χ1) is 20.5. The van der Waals surface area contributed by atoms with Crippen LogP contribution in [0.4, 0.5) is 14.6 Å². The van der Waals surface area contributed by atoms with Gasteiger partial charge in [-0.05, 0) is 51.7 Å². The zero-order valence-electron chi connectivity index (χ0n) is 23.2. The normalized spacial score (nSPS) is 22.0. The highest BCUT2D eigenvalue weighted by molar-refractivity contribution is 7.89. The lowest BCUT2D eigenvalue weighted by atomic mass is 10.1. The summed E-state index contributed by atoms with van der Waals surface area (Å²) in [4.78, 5) is 26.1. The monoisotopic (exact) mass is 627 g/mol. The Hall–Kier alpha value is -3.81. The van der Waals surface area contributed by atoms with Crippen LogP contribution < -0.4 is 9.62 Å². The zero-order valence-corrected chi connectivity index (χ0v) is 24.9. The maximum atomic E-state index is 13.5. The molecule has 0 bridgehead atoms. The number of rotatable bonds is 7. The minimum absolute atomic E-state index is 0.0790. The fourth-order valence-electron chi connectivity index (χ4n) is 5.95. The predicted octanol–water partition coefficient (Wildman–Crippen LogP) is 3.53. The minimum Gasteiger partial charge on any atom is -0.352 e. The van der Waals surface area contributed by atoms with Crippen LogP contribution in [0.3, 0.4) is 0 Å². The van der Waals surface area contributed by atoms with Crippen molar-refractivity contribution in [2.24, 2.45) is 5.92 Å². The molecule has 2 unspecified atom stereocenters. The highest BCUT2D eigenvalue weighted by Crippen LogP contribution is 2.41. The van der Waals surface area contributed by atoms with Gasteiger partial charge < -0.3 is 9.80 Å². The molecule has 1 aromatic carbocycles. The van der Waals surface area contributed by atoms with Crippen LogP contribution in [0.15, 0.2) is 29.4 Å². The average Bonchev–Trinajstić information content (AvgIpc) is 3.88. The Morgan fingerprint density at radius 3 is 2.49 bits per heavy atom. The van der Waals surface area contributed by atoms with Crippen molar-refractivity contribution in [1.82, 2.24) is 34.4 Å². The molecule has 1 amide bonds. The van der Waals surface area contributed by atoms with E-state index in [1.165, 1.54) is 23.0 Å². The van der Waals surface area contributed by atoms with E-state index in [-0.39, 0.29) is 33.9 Å². The highest BCUT2D eigenvalue weighted by Gasteiger charge is 2.47. The molecule has 0 spiro atoms. The number of aromatic nitrogens is 5. The SMILES string of the molecule is CC1CN(c2ncnc3c2c2ccc(S(=O)(=O)NC4(C#N)CC4)cc2n3-c2nnc(C(F)F)s2)CC(C)N1C(=O)C1CC1. The van der Waals surface area contributed by atoms with Gasteiger partial charge in [-0.2, -0.15) is 9.98 Å². The number of halogens is 2. The summed E-state index contributed by atoms with van der Waals surface area (Å²) in [6.45, 7) is 5.05. The standard InChI is InChI=1S/C27H27F2N9O3S2/c1-14-10-36(11-15(2)37(14)25(39)16-3-4-16)22-20-18-6-5-17(43(40,41)35-27(12-30)7-8-27)9-19(18)38(23(20)32-13-31-22)26-34-33-24(42-26)21(28)29/h5-6,9,13-16,21,35H,3-4,7-8,10-11H2,1-2H3. The third-order valence-corrected chi connectivity index (χ3v) is 10.8. The molecule has 1 saturated heterocycles. The maximum Gasteiger partial charge on any atom is 0.291 e. The number of hydrogen-bond acceptors (Lipinski definition) is 10. The summed E-state index contributed by atoms with van der Waals surface area (Å²) in [6, 6.07) is 6.38. The topological polar surface area (TPSA) is 150 Å². The Bertz CT molecular complexity index is 1920. The minimum atomic E-state index is -4.09. The summed E-state index contributed by atoms with van der Waals surface area (Å²) in [5.74, 6) is 0.870. The van der Waals surface area contributed by atoms with Gasteiger partial charge in [0.2, 0.25) is 21.1 Å². The molecule has 224 valence electrons. The number of alkyl halides is 2. The number of nitriles is 1. The van der Waals surface area contributed by atoms with Gasteiger partial charge in [0.25, 0.3) is 6.43 Å². The molecule has 43 heavy (non-hydrogen) atoms. The Labute approximate surface area is 249 Å². The van der Waals surface area contributed by atoms with E-state index in [1.54, 1.807) is 6.07 Å². The molecular weight excluding hydrogens is 600 g/mol. The van der Waals surface area contributed by atoms with Crippen molar-refractivity contribution >= 4 is 55.0 Å². The van der Waals surface area contributed by atoms with Gasteiger partial charge >= 0.3 is 0 Å². The molecule has 2 saturated carbocycles. The predicted molar refractivity (Wildman–Crippen MR) is 153 cm³/mol. The van der Waals surface area contributed by atoms with Crippen LogP contribution in [-0.4, -0.2) is 74.7 Å². The Morgan fingerprint density at radius 1 is 1.16 bits per heavy atom. The smallest absolute Gasteiger partial charge is 0.291 e. The number of sulfonamides is 1. The molecular formula is C27H27F2N9O3S2. The van der Waals surface area contributed by atoms with Crippen LogP contribution in [-0.2, 0) is 14.8 Å². The van der Waals surface area contributed by atoms with E-state index < -0.39 is 27.0 Å². The Morgan fingerprint density at radius 2 is 1.88 bits per heavy atom. The largest absolute Gasteiger partial charge is 0.352 e. The highest BCUT2D eigenvalue weighted by atomic mass is 32.2. The lowest BCUT2D eigenvalue weighted by molar-refractivity contribution is -0.137. The van der Waals surface area contributed by atoms with Gasteiger partial charge in [-0.3, -0.25) is 9.36 Å².